The molecule has 1 aromatic rings. The summed E-state index contributed by atoms with van der Waals surface area (Å²) in [5.74, 6) is 0.826. The molecule has 1 N–H and O–H groups in total. The van der Waals surface area contributed by atoms with E-state index in [0.717, 1.165) is 12.5 Å². The van der Waals surface area contributed by atoms with Crippen LogP contribution in [0.2, 0.25) is 0 Å². The van der Waals surface area contributed by atoms with Gasteiger partial charge in [0.15, 0.2) is 0 Å². The lowest BCUT2D eigenvalue weighted by atomic mass is 9.84. The average molecular weight is 245 g/mol. The lowest BCUT2D eigenvalue weighted by molar-refractivity contribution is 0.443. The SMILES string of the molecule is CCCNC(C)c1ccc(C2CCCCC2)cc1. The van der Waals surface area contributed by atoms with Gasteiger partial charge in [-0.05, 0) is 49.8 Å². The number of hydrogen-bond acceptors (Lipinski definition) is 1. The molecular weight excluding hydrogens is 218 g/mol. The predicted molar refractivity (Wildman–Crippen MR) is 79.0 cm³/mol. The molecule has 1 aliphatic carbocycles. The number of nitrogens with one attached hydrogen (secondary N) is 1. The van der Waals surface area contributed by atoms with Crippen molar-refractivity contribution in [2.45, 2.75) is 64.3 Å². The maximum absolute atomic E-state index is 3.55. The number of rotatable bonds is 5. The monoisotopic (exact) mass is 245 g/mol. The van der Waals surface area contributed by atoms with Gasteiger partial charge in [0.1, 0.15) is 0 Å². The van der Waals surface area contributed by atoms with Crippen molar-refractivity contribution in [3.8, 4) is 0 Å². The van der Waals surface area contributed by atoms with E-state index >= 15 is 0 Å². The highest BCUT2D eigenvalue weighted by atomic mass is 14.9. The molecule has 0 saturated heterocycles. The summed E-state index contributed by atoms with van der Waals surface area (Å²) in [5, 5.41) is 3.55. The first-order valence-electron chi connectivity index (χ1n) is 7.64. The van der Waals surface area contributed by atoms with Crippen LogP contribution in [-0.4, -0.2) is 6.54 Å². The molecule has 1 unspecified atom stereocenters. The van der Waals surface area contributed by atoms with Crippen molar-refractivity contribution in [3.63, 3.8) is 0 Å². The summed E-state index contributed by atoms with van der Waals surface area (Å²) >= 11 is 0. The van der Waals surface area contributed by atoms with Crippen LogP contribution >= 0.6 is 0 Å². The number of benzene rings is 1. The summed E-state index contributed by atoms with van der Waals surface area (Å²) in [5.41, 5.74) is 2.98. The van der Waals surface area contributed by atoms with E-state index in [2.05, 4.69) is 43.4 Å². The Morgan fingerprint density at radius 1 is 1.11 bits per heavy atom. The lowest BCUT2D eigenvalue weighted by Gasteiger charge is -2.22. The first-order valence-corrected chi connectivity index (χ1v) is 7.64. The Labute approximate surface area is 112 Å². The molecule has 0 spiro atoms. The maximum atomic E-state index is 3.55. The van der Waals surface area contributed by atoms with Crippen LogP contribution in [0, 0.1) is 0 Å². The third kappa shape index (κ3) is 3.58. The van der Waals surface area contributed by atoms with Crippen LogP contribution in [0.5, 0.6) is 0 Å². The first kappa shape index (κ1) is 13.6. The highest BCUT2D eigenvalue weighted by molar-refractivity contribution is 5.27. The summed E-state index contributed by atoms with van der Waals surface area (Å²) in [7, 11) is 0. The largest absolute Gasteiger partial charge is 0.310 e. The maximum Gasteiger partial charge on any atom is 0.0291 e. The zero-order valence-corrected chi connectivity index (χ0v) is 11.9. The Morgan fingerprint density at radius 2 is 1.78 bits per heavy atom. The van der Waals surface area contributed by atoms with Gasteiger partial charge in [0, 0.05) is 6.04 Å². The fraction of sp³-hybridized carbons (Fsp3) is 0.647. The molecule has 0 aliphatic heterocycles. The smallest absolute Gasteiger partial charge is 0.0291 e. The van der Waals surface area contributed by atoms with Gasteiger partial charge in [-0.3, -0.25) is 0 Å². The van der Waals surface area contributed by atoms with Gasteiger partial charge in [0.25, 0.3) is 0 Å². The highest BCUT2D eigenvalue weighted by Gasteiger charge is 2.15. The van der Waals surface area contributed by atoms with Crippen LogP contribution < -0.4 is 5.32 Å². The summed E-state index contributed by atoms with van der Waals surface area (Å²) < 4.78 is 0. The second-order valence-corrected chi connectivity index (χ2v) is 5.68. The van der Waals surface area contributed by atoms with Crippen molar-refractivity contribution in [1.29, 1.82) is 0 Å². The van der Waals surface area contributed by atoms with Gasteiger partial charge in [0.05, 0.1) is 0 Å². The molecule has 0 heterocycles. The highest BCUT2D eigenvalue weighted by Crippen LogP contribution is 2.32. The zero-order valence-electron chi connectivity index (χ0n) is 11.9. The molecule has 1 saturated carbocycles. The van der Waals surface area contributed by atoms with E-state index in [1.54, 1.807) is 5.56 Å². The van der Waals surface area contributed by atoms with Crippen LogP contribution in [-0.2, 0) is 0 Å². The van der Waals surface area contributed by atoms with E-state index in [0.29, 0.717) is 6.04 Å². The van der Waals surface area contributed by atoms with Gasteiger partial charge < -0.3 is 5.32 Å². The topological polar surface area (TPSA) is 12.0 Å². The normalized spacial score (nSPS) is 18.8. The Hall–Kier alpha value is -0.820. The predicted octanol–water partition coefficient (Wildman–Crippen LogP) is 4.79. The lowest BCUT2D eigenvalue weighted by Crippen LogP contribution is -2.19. The summed E-state index contributed by atoms with van der Waals surface area (Å²) in [4.78, 5) is 0. The molecule has 100 valence electrons. The third-order valence-corrected chi connectivity index (χ3v) is 4.21. The summed E-state index contributed by atoms with van der Waals surface area (Å²) in [6.45, 7) is 5.57. The molecule has 1 heteroatoms. The van der Waals surface area contributed by atoms with E-state index in [9.17, 15) is 0 Å². The summed E-state index contributed by atoms with van der Waals surface area (Å²) in [6.07, 6.45) is 8.25. The second-order valence-electron chi connectivity index (χ2n) is 5.68. The van der Waals surface area contributed by atoms with Crippen molar-refractivity contribution in [2.75, 3.05) is 6.54 Å². The third-order valence-electron chi connectivity index (χ3n) is 4.21. The van der Waals surface area contributed by atoms with Crippen molar-refractivity contribution < 1.29 is 0 Å². The molecule has 0 radical (unpaired) electrons. The van der Waals surface area contributed by atoms with E-state index in [-0.39, 0.29) is 0 Å². The van der Waals surface area contributed by atoms with Crippen molar-refractivity contribution >= 4 is 0 Å². The Balaban J connectivity index is 1.95. The molecular formula is C17H27N. The Bertz CT molecular complexity index is 335. The number of hydrogen-bond donors (Lipinski definition) is 1. The zero-order chi connectivity index (χ0) is 12.8. The average Bonchev–Trinajstić information content (AvgIpc) is 2.46. The fourth-order valence-electron chi connectivity index (χ4n) is 2.97. The minimum Gasteiger partial charge on any atom is -0.310 e. The standard InChI is InChI=1S/C17H27N/c1-3-13-18-14(2)15-9-11-17(12-10-15)16-7-5-4-6-8-16/h9-12,14,16,18H,3-8,13H2,1-2H3. The van der Waals surface area contributed by atoms with Gasteiger partial charge in [-0.25, -0.2) is 0 Å². The molecule has 1 fully saturated rings. The molecule has 1 aromatic carbocycles. The molecule has 1 nitrogen and oxygen atoms in total. The fourth-order valence-corrected chi connectivity index (χ4v) is 2.97. The van der Waals surface area contributed by atoms with E-state index in [1.807, 2.05) is 0 Å². The molecule has 18 heavy (non-hydrogen) atoms. The van der Waals surface area contributed by atoms with Crippen molar-refractivity contribution in [2.24, 2.45) is 0 Å². The first-order chi connectivity index (χ1) is 8.81. The van der Waals surface area contributed by atoms with Crippen LogP contribution in [0.15, 0.2) is 24.3 Å². The van der Waals surface area contributed by atoms with Crippen LogP contribution in [0.25, 0.3) is 0 Å². The van der Waals surface area contributed by atoms with Gasteiger partial charge in [-0.1, -0.05) is 50.5 Å². The van der Waals surface area contributed by atoms with Gasteiger partial charge in [0.2, 0.25) is 0 Å². The molecule has 1 aliphatic rings. The molecule has 1 atom stereocenters. The van der Waals surface area contributed by atoms with Gasteiger partial charge in [-0.2, -0.15) is 0 Å². The Kier molecular flexibility index (Phi) is 5.25. The van der Waals surface area contributed by atoms with Gasteiger partial charge in [-0.15, -0.1) is 0 Å². The molecule has 0 aromatic heterocycles. The minimum atomic E-state index is 0.477. The second kappa shape index (κ2) is 6.94. The molecule has 0 bridgehead atoms. The van der Waals surface area contributed by atoms with Crippen LogP contribution in [0.1, 0.15) is 75.5 Å². The van der Waals surface area contributed by atoms with E-state index < -0.39 is 0 Å². The van der Waals surface area contributed by atoms with Crippen molar-refractivity contribution in [1.82, 2.24) is 5.32 Å². The minimum absolute atomic E-state index is 0.477. The summed E-state index contributed by atoms with van der Waals surface area (Å²) in [6, 6.07) is 9.82. The van der Waals surface area contributed by atoms with Gasteiger partial charge >= 0.3 is 0 Å². The van der Waals surface area contributed by atoms with E-state index in [4.69, 9.17) is 0 Å². The quantitative estimate of drug-likeness (QED) is 0.786. The van der Waals surface area contributed by atoms with Crippen LogP contribution in [0.4, 0.5) is 0 Å². The Morgan fingerprint density at radius 3 is 2.39 bits per heavy atom. The van der Waals surface area contributed by atoms with Crippen LogP contribution in [0.3, 0.4) is 0 Å². The van der Waals surface area contributed by atoms with Crippen molar-refractivity contribution in [3.05, 3.63) is 35.4 Å². The van der Waals surface area contributed by atoms with E-state index in [1.165, 1.54) is 44.1 Å². The molecule has 0 amide bonds. The molecule has 2 rings (SSSR count).